The summed E-state index contributed by atoms with van der Waals surface area (Å²) in [5.74, 6) is 3.26. The molecule has 0 amide bonds. The van der Waals surface area contributed by atoms with Crippen LogP contribution in [-0.2, 0) is 0 Å². The average molecular weight is 1070 g/mol. The van der Waals surface area contributed by atoms with E-state index in [1.807, 2.05) is 112 Å². The van der Waals surface area contributed by atoms with Gasteiger partial charge < -0.3 is 40.1 Å². The zero-order chi connectivity index (χ0) is 56.7. The van der Waals surface area contributed by atoms with Crippen LogP contribution in [0.3, 0.4) is 0 Å². The molecule has 0 radical (unpaired) electrons. The Bertz CT molecular complexity index is 3610. The number of ether oxygens (including phenoxy) is 2. The number of ketones is 1. The zero-order valence-electron chi connectivity index (χ0n) is 44.8. The number of hydrogen-bond acceptors (Lipinski definition) is 15. The van der Waals surface area contributed by atoms with Gasteiger partial charge in [-0.15, -0.1) is 0 Å². The van der Waals surface area contributed by atoms with Crippen LogP contribution in [0.2, 0.25) is 0 Å². The maximum absolute atomic E-state index is 11.9. The van der Waals surface area contributed by atoms with Crippen LogP contribution in [0.25, 0.3) is 68.3 Å². The van der Waals surface area contributed by atoms with E-state index >= 15 is 0 Å². The van der Waals surface area contributed by atoms with Crippen molar-refractivity contribution >= 4 is 5.78 Å². The predicted molar refractivity (Wildman–Crippen MR) is 309 cm³/mol. The molecule has 15 nitrogen and oxygen atoms in total. The Kier molecular flexibility index (Phi) is 18.7. The van der Waals surface area contributed by atoms with Crippen molar-refractivity contribution in [3.63, 3.8) is 0 Å². The minimum Gasteiger partial charge on any atom is -0.508 e. The zero-order valence-corrected chi connectivity index (χ0v) is 44.8. The maximum Gasteiger partial charge on any atom is 0.196 e. The van der Waals surface area contributed by atoms with Crippen LogP contribution in [0.4, 0.5) is 0 Å². The van der Waals surface area contributed by atoms with Gasteiger partial charge in [0.1, 0.15) is 47.7 Å². The third kappa shape index (κ3) is 14.4. The highest BCUT2D eigenvalue weighted by molar-refractivity contribution is 6.10. The van der Waals surface area contributed by atoms with E-state index in [0.29, 0.717) is 69.6 Å². The number of rotatable bonds is 15. The molecule has 2 aromatic heterocycles. The summed E-state index contributed by atoms with van der Waals surface area (Å²) in [6.07, 6.45) is 0.0399. The van der Waals surface area contributed by atoms with Crippen LogP contribution in [0.5, 0.6) is 34.5 Å². The number of hydrogen-bond donors (Lipinski definition) is 6. The Morgan fingerprint density at radius 2 is 0.887 bits per heavy atom. The van der Waals surface area contributed by atoms with E-state index in [2.05, 4.69) is 40.9 Å². The van der Waals surface area contributed by atoms with Crippen molar-refractivity contribution < 1.29 is 44.9 Å². The Hall–Kier alpha value is -9.83. The molecular formula is C65H60N6O9. The van der Waals surface area contributed by atoms with Crippen molar-refractivity contribution in [1.82, 2.24) is 29.9 Å². The molecule has 0 aliphatic rings. The van der Waals surface area contributed by atoms with Gasteiger partial charge in [0.05, 0.1) is 29.4 Å². The molecule has 1 atom stereocenters. The standard InChI is InChI=1S/C29H31N3O3.C23H19N3O3.C13H10O3/c1-6-21(33)16-35-22-9-12-25(26(34)15-22)29-31-27(23-10-7-17(2)13-19(23)4)30-28(32-29)24-11-8-18(3)14-20(24)5;27-13-14-29-18-11-12-19(20(28)15-18)23-25-21(16-7-3-1-4-8-16)24-22(26-23)17-9-5-2-6-10-17;14-10-6-7-11(12(15)8-10)13(16)9-4-2-1-3-5-9/h7-15,21,33-34H,6,16H2,1-5H3;1-12,15,27-28H,13-14H2;1-8,14-15H. The molecule has 404 valence electrons. The van der Waals surface area contributed by atoms with Gasteiger partial charge in [-0.05, 0) is 81.6 Å². The van der Waals surface area contributed by atoms with Gasteiger partial charge in [-0.3, -0.25) is 4.79 Å². The topological polar surface area (TPSA) is 234 Å². The summed E-state index contributed by atoms with van der Waals surface area (Å²) >= 11 is 0. The number of nitrogens with zero attached hydrogens (tertiary/aromatic N) is 6. The fourth-order valence-electron chi connectivity index (χ4n) is 8.31. The lowest BCUT2D eigenvalue weighted by atomic mass is 10.0. The van der Waals surface area contributed by atoms with Crippen LogP contribution < -0.4 is 9.47 Å². The van der Waals surface area contributed by atoms with Crippen molar-refractivity contribution in [1.29, 1.82) is 0 Å². The second kappa shape index (κ2) is 26.5. The number of benzene rings is 8. The van der Waals surface area contributed by atoms with E-state index in [1.165, 1.54) is 24.3 Å². The first-order valence-electron chi connectivity index (χ1n) is 25.8. The molecule has 1 unspecified atom stereocenters. The predicted octanol–water partition coefficient (Wildman–Crippen LogP) is 12.2. The summed E-state index contributed by atoms with van der Waals surface area (Å²) < 4.78 is 11.0. The van der Waals surface area contributed by atoms with E-state index in [-0.39, 0.29) is 54.2 Å². The summed E-state index contributed by atoms with van der Waals surface area (Å²) in [7, 11) is 0. The number of aliphatic hydroxyl groups excluding tert-OH is 2. The minimum absolute atomic E-state index is 0.00200. The molecule has 0 saturated heterocycles. The summed E-state index contributed by atoms with van der Waals surface area (Å²) in [4.78, 5) is 40.1. The molecule has 10 aromatic rings. The van der Waals surface area contributed by atoms with Gasteiger partial charge in [-0.1, -0.05) is 145 Å². The van der Waals surface area contributed by atoms with E-state index < -0.39 is 6.10 Å². The number of aromatic nitrogens is 6. The van der Waals surface area contributed by atoms with Crippen LogP contribution in [0, 0.1) is 27.7 Å². The lowest BCUT2D eigenvalue weighted by Gasteiger charge is -2.14. The summed E-state index contributed by atoms with van der Waals surface area (Å²) in [5, 5.41) is 58.7. The van der Waals surface area contributed by atoms with Crippen molar-refractivity contribution in [2.45, 2.75) is 47.1 Å². The largest absolute Gasteiger partial charge is 0.508 e. The number of carbonyl (C=O) groups excluding carboxylic acids is 1. The highest BCUT2D eigenvalue weighted by Crippen LogP contribution is 2.36. The van der Waals surface area contributed by atoms with Crippen molar-refractivity contribution in [3.8, 4) is 103 Å². The molecule has 15 heteroatoms. The molecule has 0 aliphatic carbocycles. The maximum atomic E-state index is 11.9. The van der Waals surface area contributed by atoms with E-state index in [4.69, 9.17) is 34.6 Å². The number of aromatic hydroxyl groups is 4. The second-order valence-electron chi connectivity index (χ2n) is 18.7. The lowest BCUT2D eigenvalue weighted by molar-refractivity contribution is 0.103. The van der Waals surface area contributed by atoms with E-state index in [0.717, 1.165) is 50.6 Å². The van der Waals surface area contributed by atoms with Crippen LogP contribution in [0.1, 0.15) is 51.5 Å². The fourth-order valence-corrected chi connectivity index (χ4v) is 8.31. The molecule has 6 N–H and O–H groups in total. The first kappa shape index (κ1) is 56.4. The molecule has 0 spiro atoms. The quantitative estimate of drug-likeness (QED) is 0.0524. The van der Waals surface area contributed by atoms with Gasteiger partial charge >= 0.3 is 0 Å². The molecule has 8 aromatic carbocycles. The second-order valence-corrected chi connectivity index (χ2v) is 18.7. The minimum atomic E-state index is -0.555. The molecule has 10 rings (SSSR count). The van der Waals surface area contributed by atoms with Gasteiger partial charge in [0, 0.05) is 46.0 Å². The highest BCUT2D eigenvalue weighted by Gasteiger charge is 2.19. The molecule has 0 bridgehead atoms. The van der Waals surface area contributed by atoms with Gasteiger partial charge in [0.15, 0.2) is 40.7 Å². The van der Waals surface area contributed by atoms with E-state index in [9.17, 15) is 25.2 Å². The molecule has 80 heavy (non-hydrogen) atoms. The summed E-state index contributed by atoms with van der Waals surface area (Å²) in [5.41, 5.74) is 9.64. The van der Waals surface area contributed by atoms with Gasteiger partial charge in [-0.25, -0.2) is 29.9 Å². The SMILES string of the molecule is CCC(O)COc1ccc(-c2nc(-c3ccc(C)cc3C)nc(-c3ccc(C)cc3C)n2)c(O)c1.O=C(c1ccccc1)c1ccc(O)cc1O.OCCOc1ccc(-c2nc(-c3ccccc3)nc(-c3ccccc3)n2)c(O)c1. The Morgan fingerprint density at radius 1 is 0.463 bits per heavy atom. The third-order valence-electron chi connectivity index (χ3n) is 12.5. The van der Waals surface area contributed by atoms with Crippen molar-refractivity contribution in [2.75, 3.05) is 19.8 Å². The Morgan fingerprint density at radius 3 is 1.32 bits per heavy atom. The van der Waals surface area contributed by atoms with E-state index in [1.54, 1.807) is 48.5 Å². The molecule has 0 saturated carbocycles. The first-order valence-corrected chi connectivity index (χ1v) is 25.8. The number of carbonyl (C=O) groups is 1. The van der Waals surface area contributed by atoms with Crippen molar-refractivity contribution in [3.05, 3.63) is 215 Å². The average Bonchev–Trinajstić information content (AvgIpc) is 3.47. The smallest absolute Gasteiger partial charge is 0.196 e. The highest BCUT2D eigenvalue weighted by atomic mass is 16.5. The molecule has 0 fully saturated rings. The molecule has 0 aliphatic heterocycles. The molecular weight excluding hydrogens is 1010 g/mol. The van der Waals surface area contributed by atoms with Gasteiger partial charge in [0.2, 0.25) is 0 Å². The number of aliphatic hydroxyl groups is 2. The summed E-state index contributed by atoms with van der Waals surface area (Å²) in [6, 6.07) is 54.1. The lowest BCUT2D eigenvalue weighted by Crippen LogP contribution is -2.15. The Balaban J connectivity index is 0.000000168. The number of phenols is 4. The summed E-state index contributed by atoms with van der Waals surface area (Å²) in [6.45, 7) is 10.3. The van der Waals surface area contributed by atoms with Crippen LogP contribution in [-0.4, -0.2) is 92.3 Å². The van der Waals surface area contributed by atoms with Crippen LogP contribution in [0.15, 0.2) is 182 Å². The fraction of sp³-hybridized carbons (Fsp3) is 0.154. The normalized spacial score (nSPS) is 11.1. The van der Waals surface area contributed by atoms with Crippen LogP contribution >= 0.6 is 0 Å². The number of phenolic OH excluding ortho intramolecular Hbond substituents is 4. The first-order chi connectivity index (χ1) is 38.7. The third-order valence-corrected chi connectivity index (χ3v) is 12.5. The van der Waals surface area contributed by atoms with Gasteiger partial charge in [0.25, 0.3) is 0 Å². The van der Waals surface area contributed by atoms with Crippen molar-refractivity contribution in [2.24, 2.45) is 0 Å². The number of aryl methyl sites for hydroxylation is 4. The van der Waals surface area contributed by atoms with Gasteiger partial charge in [-0.2, -0.15) is 0 Å². The molecule has 2 heterocycles. The monoisotopic (exact) mass is 1070 g/mol. The Labute approximate surface area is 463 Å².